The number of rotatable bonds is 2. The Labute approximate surface area is 120 Å². The fraction of sp³-hybridized carbons (Fsp3) is 0.500. The van der Waals surface area contributed by atoms with Gasteiger partial charge in [-0.1, -0.05) is 0 Å². The summed E-state index contributed by atoms with van der Waals surface area (Å²) in [6, 6.07) is 9.47. The SMILES string of the molecule is CC1(C)CC(Nc2ccc(C#N)c(C#N)c2)C(C)(C)O1. The van der Waals surface area contributed by atoms with Gasteiger partial charge in [0, 0.05) is 5.69 Å². The minimum absolute atomic E-state index is 0.161. The summed E-state index contributed by atoms with van der Waals surface area (Å²) < 4.78 is 6.04. The van der Waals surface area contributed by atoms with Crippen LogP contribution in [-0.2, 0) is 4.74 Å². The van der Waals surface area contributed by atoms with Crippen LogP contribution in [0.1, 0.15) is 45.2 Å². The van der Waals surface area contributed by atoms with Crippen molar-refractivity contribution in [2.75, 3.05) is 5.32 Å². The van der Waals surface area contributed by atoms with Crippen molar-refractivity contribution in [3.8, 4) is 12.1 Å². The second-order valence-electron chi connectivity index (χ2n) is 6.35. The lowest BCUT2D eigenvalue weighted by Gasteiger charge is -2.28. The van der Waals surface area contributed by atoms with Crippen molar-refractivity contribution in [1.29, 1.82) is 10.5 Å². The molecule has 1 N–H and O–H groups in total. The molecule has 1 aromatic rings. The van der Waals surface area contributed by atoms with E-state index in [1.54, 1.807) is 12.1 Å². The Hall–Kier alpha value is -2.04. The normalized spacial score (nSPS) is 22.8. The molecule has 0 spiro atoms. The molecule has 1 saturated heterocycles. The summed E-state index contributed by atoms with van der Waals surface area (Å²) in [5.74, 6) is 0. The van der Waals surface area contributed by atoms with E-state index in [1.165, 1.54) is 0 Å². The molecule has 4 nitrogen and oxygen atoms in total. The van der Waals surface area contributed by atoms with Crippen molar-refractivity contribution in [3.05, 3.63) is 29.3 Å². The third kappa shape index (κ3) is 2.76. The number of nitrogens with one attached hydrogen (secondary N) is 1. The van der Waals surface area contributed by atoms with Gasteiger partial charge in [-0.05, 0) is 52.3 Å². The van der Waals surface area contributed by atoms with E-state index in [0.717, 1.165) is 12.1 Å². The van der Waals surface area contributed by atoms with E-state index in [0.29, 0.717) is 11.1 Å². The first-order chi connectivity index (χ1) is 9.27. The average Bonchev–Trinajstić information content (AvgIpc) is 2.56. The molecule has 0 aliphatic carbocycles. The highest BCUT2D eigenvalue weighted by molar-refractivity contribution is 5.57. The van der Waals surface area contributed by atoms with Gasteiger partial charge in [-0.3, -0.25) is 0 Å². The van der Waals surface area contributed by atoms with Gasteiger partial charge in [0.15, 0.2) is 0 Å². The Morgan fingerprint density at radius 3 is 2.30 bits per heavy atom. The van der Waals surface area contributed by atoms with Gasteiger partial charge < -0.3 is 10.1 Å². The fourth-order valence-electron chi connectivity index (χ4n) is 2.81. The van der Waals surface area contributed by atoms with E-state index in [4.69, 9.17) is 15.3 Å². The van der Waals surface area contributed by atoms with Gasteiger partial charge in [0.1, 0.15) is 12.1 Å². The third-order valence-electron chi connectivity index (χ3n) is 3.68. The van der Waals surface area contributed by atoms with Crippen molar-refractivity contribution < 1.29 is 4.74 Å². The zero-order valence-electron chi connectivity index (χ0n) is 12.3. The van der Waals surface area contributed by atoms with Crippen LogP contribution >= 0.6 is 0 Å². The summed E-state index contributed by atoms with van der Waals surface area (Å²) >= 11 is 0. The first-order valence-electron chi connectivity index (χ1n) is 6.68. The lowest BCUT2D eigenvalue weighted by Crippen LogP contribution is -2.38. The number of hydrogen-bond donors (Lipinski definition) is 1. The van der Waals surface area contributed by atoms with Crippen LogP contribution in [0, 0.1) is 22.7 Å². The minimum Gasteiger partial charge on any atom is -0.379 e. The molecule has 0 radical (unpaired) electrons. The van der Waals surface area contributed by atoms with Crippen LogP contribution in [0.3, 0.4) is 0 Å². The van der Waals surface area contributed by atoms with Crippen molar-refractivity contribution in [2.45, 2.75) is 51.4 Å². The van der Waals surface area contributed by atoms with Gasteiger partial charge in [-0.2, -0.15) is 10.5 Å². The summed E-state index contributed by atoms with van der Waals surface area (Å²) in [5.41, 5.74) is 1.21. The zero-order chi connectivity index (χ0) is 15.0. The lowest BCUT2D eigenvalue weighted by molar-refractivity contribution is -0.0662. The van der Waals surface area contributed by atoms with Crippen molar-refractivity contribution in [2.24, 2.45) is 0 Å². The molecular formula is C16H19N3O. The van der Waals surface area contributed by atoms with E-state index >= 15 is 0 Å². The lowest BCUT2D eigenvalue weighted by atomic mass is 9.94. The predicted molar refractivity (Wildman–Crippen MR) is 77.1 cm³/mol. The quantitative estimate of drug-likeness (QED) is 0.895. The highest BCUT2D eigenvalue weighted by atomic mass is 16.5. The largest absolute Gasteiger partial charge is 0.379 e. The van der Waals surface area contributed by atoms with Crippen molar-refractivity contribution in [1.82, 2.24) is 0 Å². The molecule has 104 valence electrons. The maximum absolute atomic E-state index is 9.07. The van der Waals surface area contributed by atoms with Crippen LogP contribution in [-0.4, -0.2) is 17.2 Å². The van der Waals surface area contributed by atoms with E-state index in [2.05, 4.69) is 39.1 Å². The maximum atomic E-state index is 9.07. The smallest absolute Gasteiger partial charge is 0.101 e. The highest BCUT2D eigenvalue weighted by Crippen LogP contribution is 2.38. The average molecular weight is 269 g/mol. The molecule has 1 aromatic carbocycles. The Morgan fingerprint density at radius 1 is 1.15 bits per heavy atom. The standard InChI is InChI=1S/C16H19N3O/c1-15(2)8-14(16(3,4)20-15)19-13-6-5-11(9-17)12(7-13)10-18/h5-7,14,19H,8H2,1-4H3. The highest BCUT2D eigenvalue weighted by Gasteiger charge is 2.45. The zero-order valence-corrected chi connectivity index (χ0v) is 12.3. The molecule has 0 aromatic heterocycles. The second kappa shape index (κ2) is 4.81. The Kier molecular flexibility index (Phi) is 3.46. The number of nitrogens with zero attached hydrogens (tertiary/aromatic N) is 2. The summed E-state index contributed by atoms with van der Waals surface area (Å²) in [5, 5.41) is 21.4. The minimum atomic E-state index is -0.274. The summed E-state index contributed by atoms with van der Waals surface area (Å²) in [7, 11) is 0. The number of nitriles is 2. The molecule has 1 fully saturated rings. The molecule has 2 rings (SSSR count). The molecular weight excluding hydrogens is 250 g/mol. The number of benzene rings is 1. The van der Waals surface area contributed by atoms with Crippen molar-refractivity contribution in [3.63, 3.8) is 0 Å². The molecule has 4 heteroatoms. The molecule has 1 aliphatic rings. The van der Waals surface area contributed by atoms with Crippen LogP contribution < -0.4 is 5.32 Å². The number of hydrogen-bond acceptors (Lipinski definition) is 4. The molecule has 1 atom stereocenters. The van der Waals surface area contributed by atoms with Gasteiger partial charge in [0.05, 0.1) is 28.4 Å². The van der Waals surface area contributed by atoms with Gasteiger partial charge in [0.2, 0.25) is 0 Å². The molecule has 0 amide bonds. The van der Waals surface area contributed by atoms with Gasteiger partial charge in [0.25, 0.3) is 0 Å². The molecule has 20 heavy (non-hydrogen) atoms. The number of anilines is 1. The van der Waals surface area contributed by atoms with Crippen LogP contribution in [0.25, 0.3) is 0 Å². The first kappa shape index (κ1) is 14.4. The van der Waals surface area contributed by atoms with Crippen LogP contribution in [0.15, 0.2) is 18.2 Å². The second-order valence-corrected chi connectivity index (χ2v) is 6.35. The van der Waals surface area contributed by atoms with Gasteiger partial charge >= 0.3 is 0 Å². The number of ether oxygens (including phenoxy) is 1. The van der Waals surface area contributed by atoms with E-state index in [1.807, 2.05) is 12.1 Å². The molecule has 1 aliphatic heterocycles. The van der Waals surface area contributed by atoms with E-state index < -0.39 is 0 Å². The van der Waals surface area contributed by atoms with Gasteiger partial charge in [-0.15, -0.1) is 0 Å². The Bertz CT molecular complexity index is 605. The van der Waals surface area contributed by atoms with Crippen LogP contribution in [0.5, 0.6) is 0 Å². The first-order valence-corrected chi connectivity index (χ1v) is 6.68. The maximum Gasteiger partial charge on any atom is 0.101 e. The molecule has 0 bridgehead atoms. The predicted octanol–water partition coefficient (Wildman–Crippen LogP) is 3.19. The van der Waals surface area contributed by atoms with E-state index in [-0.39, 0.29) is 17.2 Å². The summed E-state index contributed by atoms with van der Waals surface area (Å²) in [4.78, 5) is 0. The fourth-order valence-corrected chi connectivity index (χ4v) is 2.81. The van der Waals surface area contributed by atoms with Gasteiger partial charge in [-0.25, -0.2) is 0 Å². The van der Waals surface area contributed by atoms with Crippen LogP contribution in [0.4, 0.5) is 5.69 Å². The monoisotopic (exact) mass is 269 g/mol. The molecule has 1 unspecified atom stereocenters. The van der Waals surface area contributed by atoms with Crippen molar-refractivity contribution >= 4 is 5.69 Å². The third-order valence-corrected chi connectivity index (χ3v) is 3.68. The topological polar surface area (TPSA) is 68.8 Å². The molecule has 1 heterocycles. The summed E-state index contributed by atoms with van der Waals surface area (Å²) in [6.07, 6.45) is 0.891. The summed E-state index contributed by atoms with van der Waals surface area (Å²) in [6.45, 7) is 8.29. The van der Waals surface area contributed by atoms with E-state index in [9.17, 15) is 0 Å². The van der Waals surface area contributed by atoms with Crippen LogP contribution in [0.2, 0.25) is 0 Å². The molecule has 0 saturated carbocycles. The Morgan fingerprint density at radius 2 is 1.80 bits per heavy atom. The Balaban J connectivity index is 2.24.